The molecule has 1 aliphatic carbocycles. The summed E-state index contributed by atoms with van der Waals surface area (Å²) in [4.78, 5) is 5.86. The van der Waals surface area contributed by atoms with Crippen LogP contribution in [0.5, 0.6) is 0 Å². The van der Waals surface area contributed by atoms with Gasteiger partial charge in [0.2, 0.25) is 11.7 Å². The van der Waals surface area contributed by atoms with Gasteiger partial charge in [0.05, 0.1) is 15.6 Å². The number of nitrogens with zero attached hydrogens (tertiary/aromatic N) is 2. The van der Waals surface area contributed by atoms with Crippen molar-refractivity contribution in [2.75, 3.05) is 4.72 Å². The van der Waals surface area contributed by atoms with Crippen molar-refractivity contribution in [3.8, 4) is 10.7 Å². The van der Waals surface area contributed by atoms with E-state index in [0.717, 1.165) is 12.8 Å². The normalized spacial score (nSPS) is 14.6. The van der Waals surface area contributed by atoms with Gasteiger partial charge in [-0.3, -0.25) is 4.72 Å². The Morgan fingerprint density at radius 2 is 2.08 bits per heavy atom. The van der Waals surface area contributed by atoms with E-state index < -0.39 is 10.0 Å². The van der Waals surface area contributed by atoms with Gasteiger partial charge in [0, 0.05) is 10.8 Å². The Balaban J connectivity index is 1.65. The van der Waals surface area contributed by atoms with Crippen LogP contribution < -0.4 is 4.72 Å². The minimum Gasteiger partial charge on any atom is -0.339 e. The molecule has 1 aliphatic rings. The minimum atomic E-state index is -3.76. The van der Waals surface area contributed by atoms with Crippen molar-refractivity contribution in [2.45, 2.75) is 30.6 Å². The van der Waals surface area contributed by atoms with E-state index in [-0.39, 0.29) is 4.90 Å². The van der Waals surface area contributed by atoms with E-state index in [1.165, 1.54) is 11.3 Å². The summed E-state index contributed by atoms with van der Waals surface area (Å²) < 4.78 is 33.2. The lowest BCUT2D eigenvalue weighted by Crippen LogP contribution is -2.13. The fraction of sp³-hybridized carbons (Fsp3) is 0.250. The smallest absolute Gasteiger partial charge is 0.263 e. The van der Waals surface area contributed by atoms with Crippen molar-refractivity contribution >= 4 is 38.6 Å². The number of nitrogens with one attached hydrogen (secondary N) is 1. The first-order valence-electron chi connectivity index (χ1n) is 7.66. The molecule has 0 saturated heterocycles. The number of halogens is 1. The van der Waals surface area contributed by atoms with E-state index in [2.05, 4.69) is 14.9 Å². The molecule has 25 heavy (non-hydrogen) atoms. The Hall–Kier alpha value is -1.90. The highest BCUT2D eigenvalue weighted by Gasteiger charge is 2.30. The van der Waals surface area contributed by atoms with Gasteiger partial charge in [0.1, 0.15) is 4.90 Å². The van der Waals surface area contributed by atoms with Gasteiger partial charge < -0.3 is 4.52 Å². The molecule has 0 aliphatic heterocycles. The van der Waals surface area contributed by atoms with Crippen LogP contribution in [0.25, 0.3) is 10.7 Å². The molecule has 1 N–H and O–H groups in total. The Bertz CT molecular complexity index is 1040. The van der Waals surface area contributed by atoms with Crippen LogP contribution in [0.3, 0.4) is 0 Å². The van der Waals surface area contributed by atoms with Gasteiger partial charge in [-0.15, -0.1) is 11.3 Å². The van der Waals surface area contributed by atoms with E-state index in [9.17, 15) is 8.42 Å². The van der Waals surface area contributed by atoms with Crippen LogP contribution in [0.15, 0.2) is 39.8 Å². The average Bonchev–Trinajstić information content (AvgIpc) is 3.15. The van der Waals surface area contributed by atoms with Crippen LogP contribution in [-0.2, 0) is 10.0 Å². The van der Waals surface area contributed by atoms with Crippen LogP contribution in [0, 0.1) is 6.92 Å². The number of para-hydroxylation sites is 1. The number of anilines is 1. The molecule has 4 rings (SSSR count). The monoisotopic (exact) mass is 395 g/mol. The minimum absolute atomic E-state index is 0.185. The molecule has 1 fully saturated rings. The molecule has 0 spiro atoms. The van der Waals surface area contributed by atoms with Crippen molar-refractivity contribution in [1.29, 1.82) is 0 Å². The predicted molar refractivity (Wildman–Crippen MR) is 96.6 cm³/mol. The van der Waals surface area contributed by atoms with Crippen molar-refractivity contribution < 1.29 is 12.9 Å². The van der Waals surface area contributed by atoms with Gasteiger partial charge >= 0.3 is 0 Å². The average molecular weight is 396 g/mol. The van der Waals surface area contributed by atoms with E-state index in [1.54, 1.807) is 37.3 Å². The maximum atomic E-state index is 12.7. The van der Waals surface area contributed by atoms with E-state index >= 15 is 0 Å². The largest absolute Gasteiger partial charge is 0.339 e. The first kappa shape index (κ1) is 16.6. The fourth-order valence-corrected chi connectivity index (χ4v) is 5.25. The number of aromatic nitrogens is 2. The predicted octanol–water partition coefficient (Wildman–Crippen LogP) is 4.44. The van der Waals surface area contributed by atoms with Crippen molar-refractivity contribution in [3.63, 3.8) is 0 Å². The number of sulfonamides is 1. The first-order valence-corrected chi connectivity index (χ1v) is 10.3. The SMILES string of the molecule is Cc1sc(-c2noc(C3CC3)n2)cc1S(=O)(=O)Nc1ccccc1Cl. The van der Waals surface area contributed by atoms with Crippen molar-refractivity contribution in [2.24, 2.45) is 0 Å². The third-order valence-corrected chi connectivity index (χ3v) is 6.87. The van der Waals surface area contributed by atoms with Crippen molar-refractivity contribution in [3.05, 3.63) is 46.1 Å². The highest BCUT2D eigenvalue weighted by atomic mass is 35.5. The topological polar surface area (TPSA) is 85.1 Å². The quantitative estimate of drug-likeness (QED) is 0.690. The first-order chi connectivity index (χ1) is 11.9. The molecule has 0 atom stereocenters. The number of hydrogen-bond acceptors (Lipinski definition) is 6. The zero-order valence-electron chi connectivity index (χ0n) is 13.2. The zero-order valence-corrected chi connectivity index (χ0v) is 15.6. The Morgan fingerprint density at radius 1 is 1.32 bits per heavy atom. The lowest BCUT2D eigenvalue weighted by atomic mass is 10.3. The highest BCUT2D eigenvalue weighted by Crippen LogP contribution is 2.40. The summed E-state index contributed by atoms with van der Waals surface area (Å²) in [5, 5.41) is 4.31. The van der Waals surface area contributed by atoms with E-state index in [0.29, 0.717) is 38.1 Å². The summed E-state index contributed by atoms with van der Waals surface area (Å²) >= 11 is 7.36. The van der Waals surface area contributed by atoms with E-state index in [1.807, 2.05) is 0 Å². The summed E-state index contributed by atoms with van der Waals surface area (Å²) in [5.74, 6) is 1.40. The van der Waals surface area contributed by atoms with Crippen LogP contribution >= 0.6 is 22.9 Å². The molecule has 1 saturated carbocycles. The van der Waals surface area contributed by atoms with Gasteiger partial charge in [-0.25, -0.2) is 8.42 Å². The maximum absolute atomic E-state index is 12.7. The van der Waals surface area contributed by atoms with Gasteiger partial charge in [0.25, 0.3) is 10.0 Å². The lowest BCUT2D eigenvalue weighted by molar-refractivity contribution is 0.380. The van der Waals surface area contributed by atoms with E-state index in [4.69, 9.17) is 16.1 Å². The zero-order chi connectivity index (χ0) is 17.6. The lowest BCUT2D eigenvalue weighted by Gasteiger charge is -2.08. The molecule has 3 aromatic rings. The van der Waals surface area contributed by atoms with Gasteiger partial charge in [-0.05, 0) is 38.0 Å². The van der Waals surface area contributed by atoms with Gasteiger partial charge in [0.15, 0.2) is 0 Å². The third kappa shape index (κ3) is 3.29. The molecular weight excluding hydrogens is 382 g/mol. The second-order valence-corrected chi connectivity index (χ2v) is 9.16. The molecule has 9 heteroatoms. The van der Waals surface area contributed by atoms with Crippen LogP contribution in [0.2, 0.25) is 5.02 Å². The summed E-state index contributed by atoms with van der Waals surface area (Å²) in [6.45, 7) is 1.75. The summed E-state index contributed by atoms with van der Waals surface area (Å²) in [6, 6.07) is 8.27. The fourth-order valence-electron chi connectivity index (χ4n) is 2.42. The molecule has 130 valence electrons. The highest BCUT2D eigenvalue weighted by molar-refractivity contribution is 7.93. The molecule has 2 heterocycles. The number of rotatable bonds is 5. The summed E-state index contributed by atoms with van der Waals surface area (Å²) in [5.41, 5.74) is 0.340. The van der Waals surface area contributed by atoms with Crippen LogP contribution in [-0.4, -0.2) is 18.6 Å². The number of hydrogen-bond donors (Lipinski definition) is 1. The molecule has 0 radical (unpaired) electrons. The summed E-state index contributed by atoms with van der Waals surface area (Å²) in [6.07, 6.45) is 2.12. The van der Waals surface area contributed by atoms with Gasteiger partial charge in [-0.2, -0.15) is 4.98 Å². The van der Waals surface area contributed by atoms with Crippen LogP contribution in [0.4, 0.5) is 5.69 Å². The molecular formula is C16H14ClN3O3S2. The standard InChI is InChI=1S/C16H14ClN3O3S2/c1-9-14(25(21,22)20-12-5-3-2-4-11(12)17)8-13(24-9)15-18-16(23-19-15)10-6-7-10/h2-5,8,10,20H,6-7H2,1H3. The molecule has 0 amide bonds. The number of benzene rings is 1. The molecule has 2 aromatic heterocycles. The Morgan fingerprint density at radius 3 is 2.80 bits per heavy atom. The number of aryl methyl sites for hydroxylation is 1. The molecule has 1 aromatic carbocycles. The second-order valence-electron chi connectivity index (χ2n) is 5.85. The Labute approximate surface area is 153 Å². The van der Waals surface area contributed by atoms with Crippen molar-refractivity contribution in [1.82, 2.24) is 10.1 Å². The molecule has 0 unspecified atom stereocenters. The van der Waals surface area contributed by atoms with Gasteiger partial charge in [-0.1, -0.05) is 28.9 Å². The third-order valence-electron chi connectivity index (χ3n) is 3.87. The Kier molecular flexibility index (Phi) is 4.05. The molecule has 0 bridgehead atoms. The summed E-state index contributed by atoms with van der Waals surface area (Å²) in [7, 11) is -3.76. The molecule has 6 nitrogen and oxygen atoms in total. The maximum Gasteiger partial charge on any atom is 0.263 e. The number of thiophene rings is 1. The second kappa shape index (κ2) is 6.12. The van der Waals surface area contributed by atoms with Crippen LogP contribution in [0.1, 0.15) is 29.5 Å².